The van der Waals surface area contributed by atoms with Gasteiger partial charge in [0, 0.05) is 30.0 Å². The van der Waals surface area contributed by atoms with Gasteiger partial charge in [-0.15, -0.1) is 0 Å². The Balaban J connectivity index is 1.25. The summed E-state index contributed by atoms with van der Waals surface area (Å²) in [4.78, 5) is 20.9. The molecular formula is C28H33ClN6O4S. The van der Waals surface area contributed by atoms with Gasteiger partial charge in [-0.1, -0.05) is 23.7 Å². The van der Waals surface area contributed by atoms with Crippen molar-refractivity contribution in [2.75, 3.05) is 5.32 Å². The maximum absolute atomic E-state index is 12.7. The van der Waals surface area contributed by atoms with E-state index >= 15 is 0 Å². The normalized spacial score (nSPS) is 17.9. The standard InChI is InChI=1S/C28H33ClN6O4S/c1-28(2,3)39-27(36)33-21-12-10-20(11-13-21)32-26-30-16-19(17-31-26)8-9-22-14-15-23(35-34-22)18-40(37,38)25-7-5-4-6-24(25)29/h4-9,14-17,20-21H,10-13,18H2,1-3H3,(H,33,36)(H,30,31,32)/b9-8+. The van der Waals surface area contributed by atoms with Gasteiger partial charge in [-0.3, -0.25) is 0 Å². The molecule has 0 saturated heterocycles. The second-order valence-electron chi connectivity index (χ2n) is 10.7. The lowest BCUT2D eigenvalue weighted by Gasteiger charge is -2.30. The average Bonchev–Trinajstić information content (AvgIpc) is 2.89. The minimum absolute atomic E-state index is 0.0725. The van der Waals surface area contributed by atoms with Crippen LogP contribution in [0, 0.1) is 0 Å². The number of alkyl carbamates (subject to hydrolysis) is 1. The number of sulfone groups is 1. The van der Waals surface area contributed by atoms with Gasteiger partial charge >= 0.3 is 6.09 Å². The summed E-state index contributed by atoms with van der Waals surface area (Å²) >= 11 is 6.04. The predicted octanol–water partition coefficient (Wildman–Crippen LogP) is 5.31. The number of nitrogens with one attached hydrogen (secondary N) is 2. The van der Waals surface area contributed by atoms with Crippen LogP contribution in [-0.2, 0) is 20.3 Å². The van der Waals surface area contributed by atoms with Crippen molar-refractivity contribution in [3.05, 3.63) is 70.8 Å². The van der Waals surface area contributed by atoms with E-state index in [1.807, 2.05) is 26.8 Å². The number of hydrogen-bond acceptors (Lipinski definition) is 9. The number of nitrogens with zero attached hydrogens (tertiary/aromatic N) is 4. The molecule has 10 nitrogen and oxygen atoms in total. The smallest absolute Gasteiger partial charge is 0.407 e. The summed E-state index contributed by atoms with van der Waals surface area (Å²) in [5, 5.41) is 14.7. The lowest BCUT2D eigenvalue weighted by atomic mass is 9.91. The average molecular weight is 585 g/mol. The van der Waals surface area contributed by atoms with Crippen LogP contribution in [-0.4, -0.2) is 52.4 Å². The maximum Gasteiger partial charge on any atom is 0.407 e. The molecule has 1 aromatic carbocycles. The van der Waals surface area contributed by atoms with Crippen molar-refractivity contribution < 1.29 is 17.9 Å². The summed E-state index contributed by atoms with van der Waals surface area (Å²) in [5.41, 5.74) is 1.16. The Bertz CT molecular complexity index is 1430. The minimum Gasteiger partial charge on any atom is -0.444 e. The van der Waals surface area contributed by atoms with Crippen LogP contribution in [0.3, 0.4) is 0 Å². The van der Waals surface area contributed by atoms with Crippen molar-refractivity contribution in [2.45, 2.75) is 74.8 Å². The first kappa shape index (κ1) is 29.4. The van der Waals surface area contributed by atoms with Gasteiger partial charge < -0.3 is 15.4 Å². The fourth-order valence-corrected chi connectivity index (χ4v) is 6.06. The van der Waals surface area contributed by atoms with E-state index in [2.05, 4.69) is 30.8 Å². The highest BCUT2D eigenvalue weighted by Crippen LogP contribution is 2.24. The highest BCUT2D eigenvalue weighted by atomic mass is 35.5. The van der Waals surface area contributed by atoms with Crippen LogP contribution in [0.25, 0.3) is 12.2 Å². The van der Waals surface area contributed by atoms with Crippen LogP contribution in [0.15, 0.2) is 53.7 Å². The third-order valence-corrected chi connectivity index (χ3v) is 8.29. The van der Waals surface area contributed by atoms with Gasteiger partial charge in [0.05, 0.1) is 27.1 Å². The quantitative estimate of drug-likeness (QED) is 0.361. The van der Waals surface area contributed by atoms with Gasteiger partial charge in [-0.05, 0) is 82.9 Å². The molecule has 1 saturated carbocycles. The first-order chi connectivity index (χ1) is 19.0. The molecule has 2 aromatic heterocycles. The van der Waals surface area contributed by atoms with Crippen LogP contribution in [0.2, 0.25) is 5.02 Å². The van der Waals surface area contributed by atoms with Crippen LogP contribution < -0.4 is 10.6 Å². The fourth-order valence-electron chi connectivity index (χ4n) is 4.22. The van der Waals surface area contributed by atoms with E-state index in [1.54, 1.807) is 48.8 Å². The number of carbonyl (C=O) groups is 1. The van der Waals surface area contributed by atoms with Gasteiger partial charge in [0.15, 0.2) is 9.84 Å². The molecule has 0 bridgehead atoms. The van der Waals surface area contributed by atoms with Crippen molar-refractivity contribution in [3.8, 4) is 0 Å². The number of amides is 1. The first-order valence-corrected chi connectivity index (χ1v) is 15.1. The minimum atomic E-state index is -3.64. The van der Waals surface area contributed by atoms with E-state index in [4.69, 9.17) is 16.3 Å². The predicted molar refractivity (Wildman–Crippen MR) is 154 cm³/mol. The highest BCUT2D eigenvalue weighted by molar-refractivity contribution is 7.90. The molecule has 1 aliphatic carbocycles. The van der Waals surface area contributed by atoms with Gasteiger partial charge in [0.1, 0.15) is 5.60 Å². The number of halogens is 1. The number of benzene rings is 1. The summed E-state index contributed by atoms with van der Waals surface area (Å²) in [6, 6.07) is 9.98. The number of ether oxygens (including phenoxy) is 1. The van der Waals surface area contributed by atoms with Crippen LogP contribution in [0.1, 0.15) is 63.4 Å². The molecule has 0 aliphatic heterocycles. The zero-order chi connectivity index (χ0) is 28.8. The number of rotatable bonds is 8. The molecule has 1 aliphatic rings. The molecule has 1 fully saturated rings. The summed E-state index contributed by atoms with van der Waals surface area (Å²) in [7, 11) is -3.64. The molecule has 0 unspecified atom stereocenters. The molecule has 0 radical (unpaired) electrons. The zero-order valence-corrected chi connectivity index (χ0v) is 24.2. The van der Waals surface area contributed by atoms with Gasteiger partial charge in [0.25, 0.3) is 0 Å². The molecule has 0 spiro atoms. The largest absolute Gasteiger partial charge is 0.444 e. The van der Waals surface area contributed by atoms with E-state index in [1.165, 1.54) is 6.07 Å². The molecule has 1 amide bonds. The molecule has 212 valence electrons. The van der Waals surface area contributed by atoms with Crippen molar-refractivity contribution in [3.63, 3.8) is 0 Å². The Kier molecular flexibility index (Phi) is 9.36. The van der Waals surface area contributed by atoms with Crippen LogP contribution in [0.4, 0.5) is 10.7 Å². The van der Waals surface area contributed by atoms with E-state index < -0.39 is 15.4 Å². The SMILES string of the molecule is CC(C)(C)OC(=O)NC1CCC(Nc2ncc(/C=C/c3ccc(CS(=O)(=O)c4ccccc4Cl)nn3)cn2)CC1. The second-order valence-corrected chi connectivity index (χ2v) is 13.0. The molecule has 2 heterocycles. The van der Waals surface area contributed by atoms with E-state index in [9.17, 15) is 13.2 Å². The van der Waals surface area contributed by atoms with Gasteiger partial charge in [-0.2, -0.15) is 10.2 Å². The van der Waals surface area contributed by atoms with Crippen LogP contribution >= 0.6 is 11.6 Å². The number of hydrogen-bond donors (Lipinski definition) is 2. The Morgan fingerprint density at radius 1 is 1.00 bits per heavy atom. The monoisotopic (exact) mass is 584 g/mol. The highest BCUT2D eigenvalue weighted by Gasteiger charge is 2.25. The summed E-state index contributed by atoms with van der Waals surface area (Å²) in [6.07, 6.45) is 10.1. The third kappa shape index (κ3) is 8.72. The van der Waals surface area contributed by atoms with Crippen molar-refractivity contribution in [2.24, 2.45) is 0 Å². The molecule has 2 N–H and O–H groups in total. The molecule has 12 heteroatoms. The Morgan fingerprint density at radius 3 is 2.30 bits per heavy atom. The Labute approximate surface area is 239 Å². The van der Waals surface area contributed by atoms with E-state index in [0.717, 1.165) is 31.2 Å². The second kappa shape index (κ2) is 12.7. The zero-order valence-electron chi connectivity index (χ0n) is 22.7. The topological polar surface area (TPSA) is 136 Å². The molecule has 4 rings (SSSR count). The number of anilines is 1. The fraction of sp³-hybridized carbons (Fsp3) is 0.393. The molecular weight excluding hydrogens is 552 g/mol. The van der Waals surface area contributed by atoms with E-state index in [0.29, 0.717) is 17.3 Å². The molecule has 0 atom stereocenters. The summed E-state index contributed by atoms with van der Waals surface area (Å²) in [6.45, 7) is 5.55. The lowest BCUT2D eigenvalue weighted by molar-refractivity contribution is 0.0492. The van der Waals surface area contributed by atoms with Crippen molar-refractivity contribution >= 4 is 45.6 Å². The van der Waals surface area contributed by atoms with Crippen LogP contribution in [0.5, 0.6) is 0 Å². The van der Waals surface area contributed by atoms with Crippen molar-refractivity contribution in [1.29, 1.82) is 0 Å². The van der Waals surface area contributed by atoms with Crippen molar-refractivity contribution in [1.82, 2.24) is 25.5 Å². The molecule has 3 aromatic rings. The Hall–Kier alpha value is -3.57. The molecule has 40 heavy (non-hydrogen) atoms. The number of carbonyl (C=O) groups excluding carboxylic acids is 1. The maximum atomic E-state index is 12.7. The van der Waals surface area contributed by atoms with Gasteiger partial charge in [0.2, 0.25) is 5.95 Å². The number of aromatic nitrogens is 4. The van der Waals surface area contributed by atoms with E-state index in [-0.39, 0.29) is 33.8 Å². The lowest BCUT2D eigenvalue weighted by Crippen LogP contribution is -2.42. The van der Waals surface area contributed by atoms with Gasteiger partial charge in [-0.25, -0.2) is 23.2 Å². The third-order valence-electron chi connectivity index (χ3n) is 6.15. The Morgan fingerprint density at radius 2 is 1.68 bits per heavy atom. The summed E-state index contributed by atoms with van der Waals surface area (Å²) < 4.78 is 30.7. The first-order valence-electron chi connectivity index (χ1n) is 13.0. The summed E-state index contributed by atoms with van der Waals surface area (Å²) in [5.74, 6) is 0.252.